The molecule has 0 fully saturated rings. The molecule has 280 valence electrons. The Morgan fingerprint density at radius 3 is 2.35 bits per heavy atom. The SMILES string of the molecule is CCN(CC)/[N+]([O-])=N/OCOC(=O)CCCC(=O)OCN(C(=O)OC(C)(C)C)S(=O)(=O)c1cc(C(=O)NN2c3ccccc3CC2C)ccc1Cl. The maximum Gasteiger partial charge on any atom is 0.427 e. The van der Waals surface area contributed by atoms with E-state index in [0.29, 0.717) is 19.5 Å². The summed E-state index contributed by atoms with van der Waals surface area (Å²) >= 11 is 6.29. The van der Waals surface area contributed by atoms with E-state index in [1.165, 1.54) is 37.9 Å². The second-order valence-electron chi connectivity index (χ2n) is 12.2. The number of amides is 2. The Bertz CT molecular complexity index is 1710. The van der Waals surface area contributed by atoms with Crippen LogP contribution in [0.25, 0.3) is 0 Å². The number of hydrogen-bond donors (Lipinski definition) is 1. The first-order valence-electron chi connectivity index (χ1n) is 16.1. The van der Waals surface area contributed by atoms with Gasteiger partial charge in [-0.25, -0.2) is 13.2 Å². The Labute approximate surface area is 301 Å². The summed E-state index contributed by atoms with van der Waals surface area (Å²) in [5.41, 5.74) is 3.42. The lowest BCUT2D eigenvalue weighted by atomic mass is 10.1. The molecule has 2 amide bonds. The summed E-state index contributed by atoms with van der Waals surface area (Å²) in [4.78, 5) is 55.3. The molecule has 3 rings (SSSR count). The molecule has 2 aromatic rings. The summed E-state index contributed by atoms with van der Waals surface area (Å²) in [7, 11) is -4.87. The van der Waals surface area contributed by atoms with Crippen molar-refractivity contribution in [3.63, 3.8) is 0 Å². The minimum absolute atomic E-state index is 0.0653. The van der Waals surface area contributed by atoms with Crippen molar-refractivity contribution in [2.75, 3.05) is 31.6 Å². The van der Waals surface area contributed by atoms with Crippen molar-refractivity contribution < 1.29 is 51.6 Å². The summed E-state index contributed by atoms with van der Waals surface area (Å²) in [5.74, 6) is -2.34. The molecule has 1 aliphatic rings. The minimum Gasteiger partial charge on any atom is -0.569 e. The molecule has 0 saturated heterocycles. The third kappa shape index (κ3) is 11.3. The summed E-state index contributed by atoms with van der Waals surface area (Å²) in [6.07, 6.45) is -1.35. The van der Waals surface area contributed by atoms with Crippen LogP contribution in [0.5, 0.6) is 0 Å². The molecule has 51 heavy (non-hydrogen) atoms. The fourth-order valence-electron chi connectivity index (χ4n) is 4.74. The number of rotatable bonds is 16. The number of anilines is 1. The van der Waals surface area contributed by atoms with Gasteiger partial charge in [-0.15, -0.1) is 5.01 Å². The molecule has 1 aliphatic heterocycles. The Hall–Kier alpha value is -4.84. The van der Waals surface area contributed by atoms with Crippen LogP contribution < -0.4 is 10.4 Å². The predicted molar refractivity (Wildman–Crippen MR) is 182 cm³/mol. The van der Waals surface area contributed by atoms with Crippen LogP contribution in [0.1, 0.15) is 76.7 Å². The van der Waals surface area contributed by atoms with Gasteiger partial charge in [0.05, 0.1) is 34.8 Å². The van der Waals surface area contributed by atoms with Gasteiger partial charge in [-0.3, -0.25) is 24.8 Å². The quantitative estimate of drug-likeness (QED) is 0.0472. The van der Waals surface area contributed by atoms with Crippen LogP contribution in [0.3, 0.4) is 0 Å². The van der Waals surface area contributed by atoms with Crippen molar-refractivity contribution >= 4 is 51.3 Å². The number of nitrogens with zero attached hydrogens (tertiary/aromatic N) is 5. The Morgan fingerprint density at radius 1 is 1.06 bits per heavy atom. The third-order valence-corrected chi connectivity index (χ3v) is 9.43. The number of halogens is 1. The van der Waals surface area contributed by atoms with Crippen LogP contribution in [0, 0.1) is 5.21 Å². The van der Waals surface area contributed by atoms with E-state index >= 15 is 0 Å². The summed E-state index contributed by atoms with van der Waals surface area (Å²) in [5, 5.41) is 17.6. The zero-order chi connectivity index (χ0) is 37.9. The number of benzene rings is 2. The Kier molecular flexibility index (Phi) is 14.2. The van der Waals surface area contributed by atoms with Crippen LogP contribution in [0.2, 0.25) is 5.02 Å². The molecule has 1 unspecified atom stereocenters. The fourth-order valence-corrected chi connectivity index (χ4v) is 6.40. The first-order chi connectivity index (χ1) is 24.0. The van der Waals surface area contributed by atoms with E-state index in [-0.39, 0.29) is 45.2 Å². The van der Waals surface area contributed by atoms with Gasteiger partial charge in [0.2, 0.25) is 5.28 Å². The molecule has 0 aliphatic carbocycles. The number of hydrogen-bond acceptors (Lipinski definition) is 13. The van der Waals surface area contributed by atoms with E-state index in [4.69, 9.17) is 25.8 Å². The molecule has 0 aromatic heterocycles. The van der Waals surface area contributed by atoms with Gasteiger partial charge in [0.15, 0.2) is 6.73 Å². The van der Waals surface area contributed by atoms with Gasteiger partial charge < -0.3 is 24.3 Å². The average molecular weight is 755 g/mol. The smallest absolute Gasteiger partial charge is 0.427 e. The number of carbonyl (C=O) groups is 4. The number of ether oxygens (including phenoxy) is 3. The first kappa shape index (κ1) is 40.6. The second kappa shape index (κ2) is 17.9. The van der Waals surface area contributed by atoms with Gasteiger partial charge in [0.25, 0.3) is 22.7 Å². The maximum atomic E-state index is 13.9. The van der Waals surface area contributed by atoms with Crippen molar-refractivity contribution in [1.82, 2.24) is 14.7 Å². The molecule has 17 nitrogen and oxygen atoms in total. The number of fused-ring (bicyclic) bond motifs is 1. The van der Waals surface area contributed by atoms with Crippen molar-refractivity contribution in [3.05, 3.63) is 63.8 Å². The average Bonchev–Trinajstić information content (AvgIpc) is 3.37. The van der Waals surface area contributed by atoms with Crippen molar-refractivity contribution in [2.24, 2.45) is 5.28 Å². The molecule has 1 atom stereocenters. The van der Waals surface area contributed by atoms with E-state index in [1.807, 2.05) is 31.2 Å². The third-order valence-electron chi connectivity index (χ3n) is 7.26. The lowest BCUT2D eigenvalue weighted by Gasteiger charge is -2.27. The summed E-state index contributed by atoms with van der Waals surface area (Å²) < 4.78 is 43.1. The lowest BCUT2D eigenvalue weighted by Crippen LogP contribution is -2.45. The van der Waals surface area contributed by atoms with E-state index in [9.17, 15) is 32.8 Å². The van der Waals surface area contributed by atoms with Gasteiger partial charge in [0.1, 0.15) is 10.5 Å². The number of carbonyl (C=O) groups excluding carboxylic acids is 4. The molecular weight excluding hydrogens is 712 g/mol. The predicted octanol–water partition coefficient (Wildman–Crippen LogP) is 4.68. The summed E-state index contributed by atoms with van der Waals surface area (Å²) in [6, 6.07) is 11.0. The molecule has 1 N–H and O–H groups in total. The number of hydrazine groups is 2. The van der Waals surface area contributed by atoms with Crippen LogP contribution in [-0.2, 0) is 45.1 Å². The normalized spacial score (nSPS) is 14.3. The number of sulfonamides is 1. The molecule has 1 heterocycles. The first-order valence-corrected chi connectivity index (χ1v) is 17.9. The zero-order valence-corrected chi connectivity index (χ0v) is 30.9. The van der Waals surface area contributed by atoms with Crippen molar-refractivity contribution in [2.45, 2.75) is 83.8 Å². The highest BCUT2D eigenvalue weighted by Gasteiger charge is 2.36. The molecule has 0 radical (unpaired) electrons. The van der Waals surface area contributed by atoms with E-state index in [1.54, 1.807) is 18.9 Å². The van der Waals surface area contributed by atoms with Crippen LogP contribution in [-0.4, -0.2) is 84.9 Å². The van der Waals surface area contributed by atoms with Crippen LogP contribution >= 0.6 is 11.6 Å². The highest BCUT2D eigenvalue weighted by Crippen LogP contribution is 2.31. The Balaban J connectivity index is 1.66. The van der Waals surface area contributed by atoms with Crippen molar-refractivity contribution in [1.29, 1.82) is 0 Å². The van der Waals surface area contributed by atoms with Crippen LogP contribution in [0.15, 0.2) is 52.6 Å². The molecule has 0 saturated carbocycles. The maximum absolute atomic E-state index is 13.9. The minimum atomic E-state index is -4.87. The lowest BCUT2D eigenvalue weighted by molar-refractivity contribution is -0.710. The Morgan fingerprint density at radius 2 is 1.71 bits per heavy atom. The van der Waals surface area contributed by atoms with Gasteiger partial charge in [-0.2, -0.15) is 4.31 Å². The number of nitrogens with one attached hydrogen (secondary N) is 1. The highest BCUT2D eigenvalue weighted by atomic mass is 35.5. The largest absolute Gasteiger partial charge is 0.569 e. The molecular formula is C32H43ClN6O11S. The van der Waals surface area contributed by atoms with Crippen LogP contribution in [0.4, 0.5) is 10.5 Å². The zero-order valence-electron chi connectivity index (χ0n) is 29.3. The standard InChI is InChI=1S/C32H43ClN6O11S/c1-7-36(8-2)39(44)35-49-21-48-29(41)15-11-14-28(40)47-20-37(31(43)50-32(4,5)6)51(45,46)27-19-24(16-17-25(27)33)30(42)34-38-22(3)18-23-12-9-10-13-26(23)38/h9-10,12-13,16-17,19,22H,7-8,11,14-15,18,20-21H2,1-6H3,(H,34,42)/b39-35-. The fraction of sp³-hybridized carbons (Fsp3) is 0.500. The van der Waals surface area contributed by atoms with Gasteiger partial charge in [-0.1, -0.05) is 29.8 Å². The van der Waals surface area contributed by atoms with Crippen molar-refractivity contribution in [3.8, 4) is 0 Å². The van der Waals surface area contributed by atoms with Gasteiger partial charge in [-0.05, 0) is 84.2 Å². The van der Waals surface area contributed by atoms with E-state index in [2.05, 4.69) is 15.5 Å². The topological polar surface area (TPSA) is 200 Å². The summed E-state index contributed by atoms with van der Waals surface area (Å²) in [6.45, 7) is 8.99. The van der Waals surface area contributed by atoms with E-state index < -0.39 is 58.0 Å². The van der Waals surface area contributed by atoms with E-state index in [0.717, 1.165) is 17.3 Å². The second-order valence-corrected chi connectivity index (χ2v) is 14.4. The molecule has 0 spiro atoms. The van der Waals surface area contributed by atoms with Gasteiger partial charge >= 0.3 is 18.0 Å². The highest BCUT2D eigenvalue weighted by molar-refractivity contribution is 7.89. The molecule has 19 heteroatoms. The van der Waals surface area contributed by atoms with Gasteiger partial charge in [0, 0.05) is 18.4 Å². The molecule has 2 aromatic carbocycles. The number of para-hydroxylation sites is 1. The monoisotopic (exact) mass is 754 g/mol. The molecule has 0 bridgehead atoms. The number of esters is 2.